The first-order valence-electron chi connectivity index (χ1n) is 6.08. The molecule has 4 nitrogen and oxygen atoms in total. The Morgan fingerprint density at radius 3 is 2.90 bits per heavy atom. The van der Waals surface area contributed by atoms with Gasteiger partial charge in [0.2, 0.25) is 5.88 Å². The third-order valence-corrected chi connectivity index (χ3v) is 4.54. The maximum Gasteiger partial charge on any atom is 0.224 e. The fourth-order valence-corrected chi connectivity index (χ4v) is 3.28. The summed E-state index contributed by atoms with van der Waals surface area (Å²) in [6.45, 7) is -0.00658. The van der Waals surface area contributed by atoms with Crippen LogP contribution in [0.5, 0.6) is 11.6 Å². The van der Waals surface area contributed by atoms with Crippen molar-refractivity contribution in [1.82, 2.24) is 4.98 Å². The molecule has 0 fully saturated rings. The number of fused-ring (bicyclic) bond motifs is 2. The molecule has 0 spiro atoms. The zero-order valence-corrected chi connectivity index (χ0v) is 14.2. The number of halogens is 2. The van der Waals surface area contributed by atoms with Crippen molar-refractivity contribution < 1.29 is 9.84 Å². The van der Waals surface area contributed by atoms with E-state index in [1.165, 1.54) is 0 Å². The van der Waals surface area contributed by atoms with Crippen LogP contribution in [0.15, 0.2) is 34.9 Å². The first-order chi connectivity index (χ1) is 9.54. The summed E-state index contributed by atoms with van der Waals surface area (Å²) in [5, 5.41) is 9.42. The second-order valence-corrected chi connectivity index (χ2v) is 6.86. The standard InChI is InChI=1S/C14H12BrIN2O2/c15-8-5-11-13(18-7-8)20-12-2-1-9(16)6-10(12)14(11,17)3-4-19/h1-2,5-7,19H,3-4,17H2/t14-/m1/s1. The van der Waals surface area contributed by atoms with Crippen LogP contribution in [0.1, 0.15) is 17.5 Å². The van der Waals surface area contributed by atoms with Gasteiger partial charge in [-0.05, 0) is 69.2 Å². The van der Waals surface area contributed by atoms with Gasteiger partial charge in [0.05, 0.1) is 5.54 Å². The molecule has 1 atom stereocenters. The largest absolute Gasteiger partial charge is 0.438 e. The Morgan fingerprint density at radius 2 is 2.15 bits per heavy atom. The smallest absolute Gasteiger partial charge is 0.224 e. The molecular formula is C14H12BrIN2O2. The highest BCUT2D eigenvalue weighted by Gasteiger charge is 2.39. The minimum absolute atomic E-state index is 0.00658. The average Bonchev–Trinajstić information content (AvgIpc) is 2.42. The Morgan fingerprint density at radius 1 is 1.35 bits per heavy atom. The van der Waals surface area contributed by atoms with E-state index in [2.05, 4.69) is 43.5 Å². The molecule has 20 heavy (non-hydrogen) atoms. The van der Waals surface area contributed by atoms with E-state index in [0.717, 1.165) is 19.2 Å². The van der Waals surface area contributed by atoms with Crippen LogP contribution in [0.25, 0.3) is 0 Å². The van der Waals surface area contributed by atoms with Crippen molar-refractivity contribution >= 4 is 38.5 Å². The van der Waals surface area contributed by atoms with Crippen molar-refractivity contribution in [2.45, 2.75) is 12.0 Å². The van der Waals surface area contributed by atoms with E-state index in [1.807, 2.05) is 24.3 Å². The van der Waals surface area contributed by atoms with Crippen molar-refractivity contribution in [3.8, 4) is 11.6 Å². The lowest BCUT2D eigenvalue weighted by atomic mass is 9.80. The van der Waals surface area contributed by atoms with E-state index in [0.29, 0.717) is 18.1 Å². The molecule has 3 rings (SSSR count). The molecule has 1 aliphatic rings. The second-order valence-electron chi connectivity index (χ2n) is 4.69. The normalized spacial score (nSPS) is 20.0. The number of nitrogens with zero attached hydrogens (tertiary/aromatic N) is 1. The van der Waals surface area contributed by atoms with Crippen LogP contribution < -0.4 is 10.5 Å². The molecule has 0 unspecified atom stereocenters. The zero-order chi connectivity index (χ0) is 14.3. The molecule has 6 heteroatoms. The van der Waals surface area contributed by atoms with Gasteiger partial charge in [-0.15, -0.1) is 0 Å². The van der Waals surface area contributed by atoms with Gasteiger partial charge in [0.25, 0.3) is 0 Å². The quantitative estimate of drug-likeness (QED) is 0.695. The fourth-order valence-electron chi connectivity index (χ4n) is 2.46. The van der Waals surface area contributed by atoms with Gasteiger partial charge in [-0.1, -0.05) is 0 Å². The molecule has 0 saturated carbocycles. The summed E-state index contributed by atoms with van der Waals surface area (Å²) in [4.78, 5) is 4.29. The minimum Gasteiger partial charge on any atom is -0.438 e. The number of ether oxygens (including phenoxy) is 1. The predicted molar refractivity (Wildman–Crippen MR) is 87.8 cm³/mol. The molecule has 2 aromatic rings. The maximum atomic E-state index is 9.42. The molecule has 0 aliphatic carbocycles. The number of hydrogen-bond acceptors (Lipinski definition) is 4. The van der Waals surface area contributed by atoms with Crippen LogP contribution in [-0.4, -0.2) is 16.7 Å². The second kappa shape index (κ2) is 5.25. The number of pyridine rings is 1. The molecule has 3 N–H and O–H groups in total. The van der Waals surface area contributed by atoms with Gasteiger partial charge < -0.3 is 15.6 Å². The van der Waals surface area contributed by atoms with Crippen LogP contribution in [0.4, 0.5) is 0 Å². The number of aliphatic hydroxyl groups is 1. The number of aromatic nitrogens is 1. The van der Waals surface area contributed by atoms with E-state index < -0.39 is 5.54 Å². The number of rotatable bonds is 2. The minimum atomic E-state index is -0.796. The lowest BCUT2D eigenvalue weighted by Crippen LogP contribution is -2.41. The molecule has 0 saturated heterocycles. The van der Waals surface area contributed by atoms with Crippen molar-refractivity contribution in [3.63, 3.8) is 0 Å². The summed E-state index contributed by atoms with van der Waals surface area (Å²) in [6.07, 6.45) is 2.09. The van der Waals surface area contributed by atoms with Crippen LogP contribution in [0.2, 0.25) is 0 Å². The molecule has 1 aromatic heterocycles. The molecule has 1 aliphatic heterocycles. The Hall–Kier alpha value is -0.700. The van der Waals surface area contributed by atoms with Gasteiger partial charge >= 0.3 is 0 Å². The summed E-state index contributed by atoms with van der Waals surface area (Å²) < 4.78 is 7.74. The highest BCUT2D eigenvalue weighted by atomic mass is 127. The molecule has 0 bridgehead atoms. The van der Waals surface area contributed by atoms with Crippen molar-refractivity contribution in [1.29, 1.82) is 0 Å². The average molecular weight is 447 g/mol. The Bertz CT molecular complexity index is 627. The number of aliphatic hydroxyl groups excluding tert-OH is 1. The topological polar surface area (TPSA) is 68.4 Å². The first-order valence-corrected chi connectivity index (χ1v) is 7.95. The lowest BCUT2D eigenvalue weighted by molar-refractivity contribution is 0.245. The zero-order valence-electron chi connectivity index (χ0n) is 10.4. The van der Waals surface area contributed by atoms with E-state index >= 15 is 0 Å². The van der Waals surface area contributed by atoms with Gasteiger partial charge in [0.15, 0.2) is 0 Å². The molecule has 1 aromatic carbocycles. The van der Waals surface area contributed by atoms with Crippen molar-refractivity contribution in [2.75, 3.05) is 6.61 Å². The molecule has 0 radical (unpaired) electrons. The summed E-state index contributed by atoms with van der Waals surface area (Å²) in [7, 11) is 0. The Balaban J connectivity index is 2.26. The van der Waals surface area contributed by atoms with E-state index in [4.69, 9.17) is 10.5 Å². The molecule has 0 amide bonds. The summed E-state index contributed by atoms with van der Waals surface area (Å²) >= 11 is 5.65. The Kier molecular flexibility index (Phi) is 3.74. The molecule has 104 valence electrons. The third-order valence-electron chi connectivity index (χ3n) is 3.43. The maximum absolute atomic E-state index is 9.42. The van der Waals surface area contributed by atoms with Crippen LogP contribution in [0, 0.1) is 3.57 Å². The number of benzene rings is 1. The van der Waals surface area contributed by atoms with E-state index in [9.17, 15) is 5.11 Å². The first kappa shape index (κ1) is 14.2. The summed E-state index contributed by atoms with van der Waals surface area (Å²) in [5.74, 6) is 1.20. The van der Waals surface area contributed by atoms with E-state index in [1.54, 1.807) is 6.20 Å². The number of hydrogen-bond donors (Lipinski definition) is 2. The van der Waals surface area contributed by atoms with Gasteiger partial charge in [-0.25, -0.2) is 4.98 Å². The highest BCUT2D eigenvalue weighted by molar-refractivity contribution is 14.1. The van der Waals surface area contributed by atoms with Crippen LogP contribution in [-0.2, 0) is 5.54 Å². The van der Waals surface area contributed by atoms with Crippen LogP contribution >= 0.6 is 38.5 Å². The SMILES string of the molecule is N[C@]1(CCO)c2cc(I)ccc2Oc2ncc(Br)cc21. The predicted octanol–water partition coefficient (Wildman–Crippen LogP) is 3.14. The van der Waals surface area contributed by atoms with Gasteiger partial charge in [-0.2, -0.15) is 0 Å². The van der Waals surface area contributed by atoms with Crippen LogP contribution in [0.3, 0.4) is 0 Å². The summed E-state index contributed by atoms with van der Waals surface area (Å²) in [6, 6.07) is 7.75. The van der Waals surface area contributed by atoms with Crippen molar-refractivity contribution in [2.24, 2.45) is 5.73 Å². The van der Waals surface area contributed by atoms with Gasteiger partial charge in [-0.3, -0.25) is 0 Å². The van der Waals surface area contributed by atoms with Gasteiger partial charge in [0, 0.05) is 32.0 Å². The summed E-state index contributed by atoms with van der Waals surface area (Å²) in [5.41, 5.74) is 7.50. The third kappa shape index (κ3) is 2.24. The van der Waals surface area contributed by atoms with Gasteiger partial charge in [0.1, 0.15) is 5.75 Å². The lowest BCUT2D eigenvalue weighted by Gasteiger charge is -2.36. The number of nitrogens with two attached hydrogens (primary N) is 1. The highest BCUT2D eigenvalue weighted by Crippen LogP contribution is 2.46. The van der Waals surface area contributed by atoms with Crippen molar-refractivity contribution in [3.05, 3.63) is 49.6 Å². The monoisotopic (exact) mass is 446 g/mol. The molecule has 2 heterocycles. The van der Waals surface area contributed by atoms with E-state index in [-0.39, 0.29) is 6.61 Å². The molecular weight excluding hydrogens is 435 g/mol. The Labute approximate surface area is 138 Å². The fraction of sp³-hybridized carbons (Fsp3) is 0.214.